The molecule has 0 amide bonds. The highest BCUT2D eigenvalue weighted by Gasteiger charge is 2.16. The van der Waals surface area contributed by atoms with E-state index in [1.807, 2.05) is 0 Å². The fourth-order valence-corrected chi connectivity index (χ4v) is 1.18. The Labute approximate surface area is 79.5 Å². The largest absolute Gasteiger partial charge is 0.380 e. The molecular formula is C9H8FN3O. The quantitative estimate of drug-likeness (QED) is 0.748. The van der Waals surface area contributed by atoms with Crippen molar-refractivity contribution in [3.8, 4) is 0 Å². The van der Waals surface area contributed by atoms with Gasteiger partial charge in [0.05, 0.1) is 6.20 Å². The topological polar surface area (TPSA) is 61.8 Å². The number of rotatable bonds is 2. The molecule has 5 heteroatoms. The third-order valence-corrected chi connectivity index (χ3v) is 1.88. The van der Waals surface area contributed by atoms with Crippen molar-refractivity contribution in [2.75, 3.05) is 0 Å². The zero-order chi connectivity index (χ0) is 9.97. The van der Waals surface area contributed by atoms with Crippen LogP contribution in [0.4, 0.5) is 4.39 Å². The van der Waals surface area contributed by atoms with Gasteiger partial charge in [0.2, 0.25) is 0 Å². The lowest BCUT2D eigenvalue weighted by molar-refractivity contribution is 0.205. The number of aliphatic hydroxyl groups is 1. The van der Waals surface area contributed by atoms with Crippen molar-refractivity contribution in [3.05, 3.63) is 48.1 Å². The molecule has 0 saturated heterocycles. The predicted octanol–water partition coefficient (Wildman–Crippen LogP) is 1.03. The van der Waals surface area contributed by atoms with E-state index in [1.54, 1.807) is 6.20 Å². The van der Waals surface area contributed by atoms with Gasteiger partial charge in [0.15, 0.2) is 0 Å². The second-order valence-corrected chi connectivity index (χ2v) is 2.77. The van der Waals surface area contributed by atoms with Gasteiger partial charge in [-0.2, -0.15) is 0 Å². The molecule has 2 aromatic rings. The molecule has 0 bridgehead atoms. The summed E-state index contributed by atoms with van der Waals surface area (Å²) in [5.74, 6) is -0.230. The van der Waals surface area contributed by atoms with Gasteiger partial charge >= 0.3 is 0 Å². The summed E-state index contributed by atoms with van der Waals surface area (Å²) in [6.45, 7) is 0. The molecule has 72 valence electrons. The minimum Gasteiger partial charge on any atom is -0.380 e. The molecule has 0 saturated carbocycles. The summed E-state index contributed by atoms with van der Waals surface area (Å²) in [6, 6.07) is 1.42. The van der Waals surface area contributed by atoms with Crippen LogP contribution in [0.25, 0.3) is 0 Å². The van der Waals surface area contributed by atoms with Gasteiger partial charge in [0, 0.05) is 24.2 Å². The highest BCUT2D eigenvalue weighted by molar-refractivity contribution is 5.21. The van der Waals surface area contributed by atoms with Gasteiger partial charge in [0.25, 0.3) is 0 Å². The molecule has 0 aromatic carbocycles. The van der Waals surface area contributed by atoms with Crippen LogP contribution in [0.1, 0.15) is 17.5 Å². The molecule has 0 fully saturated rings. The molecule has 2 heterocycles. The number of H-pyrrole nitrogens is 1. The van der Waals surface area contributed by atoms with Gasteiger partial charge in [0.1, 0.15) is 17.7 Å². The van der Waals surface area contributed by atoms with Crippen LogP contribution in [-0.2, 0) is 0 Å². The summed E-state index contributed by atoms with van der Waals surface area (Å²) in [5, 5.41) is 9.70. The van der Waals surface area contributed by atoms with Gasteiger partial charge in [-0.05, 0) is 6.07 Å². The Morgan fingerprint density at radius 2 is 2.29 bits per heavy atom. The number of aromatic nitrogens is 3. The van der Waals surface area contributed by atoms with Crippen molar-refractivity contribution < 1.29 is 9.50 Å². The Morgan fingerprint density at radius 1 is 1.43 bits per heavy atom. The zero-order valence-electron chi connectivity index (χ0n) is 7.18. The second kappa shape index (κ2) is 3.55. The summed E-state index contributed by atoms with van der Waals surface area (Å²) in [7, 11) is 0. The Morgan fingerprint density at radius 3 is 2.93 bits per heavy atom. The molecule has 0 aliphatic heterocycles. The number of hydrogen-bond acceptors (Lipinski definition) is 3. The number of pyridine rings is 1. The van der Waals surface area contributed by atoms with Crippen LogP contribution in [0.15, 0.2) is 30.9 Å². The van der Waals surface area contributed by atoms with E-state index in [0.29, 0.717) is 5.82 Å². The molecule has 0 radical (unpaired) electrons. The highest BCUT2D eigenvalue weighted by Crippen LogP contribution is 2.20. The number of halogens is 1. The summed E-state index contributed by atoms with van der Waals surface area (Å²) in [5.41, 5.74) is 0.162. The predicted molar refractivity (Wildman–Crippen MR) is 46.8 cm³/mol. The van der Waals surface area contributed by atoms with Gasteiger partial charge in [-0.25, -0.2) is 9.37 Å². The number of aliphatic hydroxyl groups excluding tert-OH is 1. The van der Waals surface area contributed by atoms with Crippen LogP contribution >= 0.6 is 0 Å². The maximum absolute atomic E-state index is 13.2. The molecule has 1 atom stereocenters. The summed E-state index contributed by atoms with van der Waals surface area (Å²) in [4.78, 5) is 10.1. The molecule has 14 heavy (non-hydrogen) atoms. The highest BCUT2D eigenvalue weighted by atomic mass is 19.1. The van der Waals surface area contributed by atoms with Gasteiger partial charge < -0.3 is 10.1 Å². The number of nitrogens with one attached hydrogen (secondary N) is 1. The molecule has 2 aromatic heterocycles. The minimum atomic E-state index is -1.08. The number of hydrogen-bond donors (Lipinski definition) is 2. The van der Waals surface area contributed by atoms with Gasteiger partial charge in [-0.1, -0.05) is 0 Å². The van der Waals surface area contributed by atoms with Crippen molar-refractivity contribution in [3.63, 3.8) is 0 Å². The molecule has 2 N–H and O–H groups in total. The van der Waals surface area contributed by atoms with Crippen molar-refractivity contribution in [2.24, 2.45) is 0 Å². The average Bonchev–Trinajstić information content (AvgIpc) is 2.70. The normalized spacial score (nSPS) is 12.7. The zero-order valence-corrected chi connectivity index (χ0v) is 7.18. The lowest BCUT2D eigenvalue weighted by Gasteiger charge is -2.07. The van der Waals surface area contributed by atoms with Crippen molar-refractivity contribution in [2.45, 2.75) is 6.10 Å². The third-order valence-electron chi connectivity index (χ3n) is 1.88. The van der Waals surface area contributed by atoms with Crippen LogP contribution in [0.5, 0.6) is 0 Å². The third kappa shape index (κ3) is 1.49. The van der Waals surface area contributed by atoms with Gasteiger partial charge in [-0.15, -0.1) is 0 Å². The first-order valence-electron chi connectivity index (χ1n) is 4.06. The van der Waals surface area contributed by atoms with E-state index in [4.69, 9.17) is 0 Å². The van der Waals surface area contributed by atoms with Crippen LogP contribution in [0, 0.1) is 5.82 Å². The summed E-state index contributed by atoms with van der Waals surface area (Å²) < 4.78 is 13.2. The molecule has 0 aliphatic rings. The van der Waals surface area contributed by atoms with Crippen LogP contribution < -0.4 is 0 Å². The van der Waals surface area contributed by atoms with E-state index in [0.717, 1.165) is 6.20 Å². The van der Waals surface area contributed by atoms with E-state index < -0.39 is 11.9 Å². The smallest absolute Gasteiger partial charge is 0.147 e. The van der Waals surface area contributed by atoms with Crippen LogP contribution in [0.2, 0.25) is 0 Å². The number of imidazole rings is 1. The Kier molecular flexibility index (Phi) is 2.24. The summed E-state index contributed by atoms with van der Waals surface area (Å²) >= 11 is 0. The standard InChI is InChI=1S/C9H8FN3O/c10-7-5-11-2-1-6(7)8(14)9-12-3-4-13-9/h1-5,8,14H,(H,12,13). The van der Waals surface area contributed by atoms with Crippen molar-refractivity contribution in [1.29, 1.82) is 0 Å². The maximum atomic E-state index is 13.2. The number of nitrogens with zero attached hydrogens (tertiary/aromatic N) is 2. The fraction of sp³-hybridized carbons (Fsp3) is 0.111. The first kappa shape index (κ1) is 8.83. The van der Waals surface area contributed by atoms with E-state index in [9.17, 15) is 9.50 Å². The van der Waals surface area contributed by atoms with E-state index in [2.05, 4.69) is 15.0 Å². The minimum absolute atomic E-state index is 0.162. The Bertz CT molecular complexity index is 416. The summed E-state index contributed by atoms with van der Waals surface area (Å²) in [6.07, 6.45) is 4.47. The Hall–Kier alpha value is -1.75. The lowest BCUT2D eigenvalue weighted by Crippen LogP contribution is -2.04. The second-order valence-electron chi connectivity index (χ2n) is 2.77. The van der Waals surface area contributed by atoms with Crippen LogP contribution in [-0.4, -0.2) is 20.1 Å². The fourth-order valence-electron chi connectivity index (χ4n) is 1.18. The lowest BCUT2D eigenvalue weighted by atomic mass is 10.1. The van der Waals surface area contributed by atoms with E-state index >= 15 is 0 Å². The average molecular weight is 193 g/mol. The molecular weight excluding hydrogens is 185 g/mol. The first-order valence-corrected chi connectivity index (χ1v) is 4.06. The van der Waals surface area contributed by atoms with Gasteiger partial charge in [-0.3, -0.25) is 4.98 Å². The monoisotopic (exact) mass is 193 g/mol. The maximum Gasteiger partial charge on any atom is 0.147 e. The molecule has 0 aliphatic carbocycles. The SMILES string of the molecule is OC(c1ncc[nH]1)c1ccncc1F. The molecule has 4 nitrogen and oxygen atoms in total. The molecule has 1 unspecified atom stereocenters. The number of aromatic amines is 1. The van der Waals surface area contributed by atoms with Crippen molar-refractivity contribution in [1.82, 2.24) is 15.0 Å². The van der Waals surface area contributed by atoms with E-state index in [-0.39, 0.29) is 5.56 Å². The van der Waals surface area contributed by atoms with E-state index in [1.165, 1.54) is 18.5 Å². The molecule has 2 rings (SSSR count). The van der Waals surface area contributed by atoms with Crippen LogP contribution in [0.3, 0.4) is 0 Å². The van der Waals surface area contributed by atoms with Crippen molar-refractivity contribution >= 4 is 0 Å². The molecule has 0 spiro atoms. The Balaban J connectivity index is 2.37. The first-order chi connectivity index (χ1) is 6.79.